The Bertz CT molecular complexity index is 933. The predicted molar refractivity (Wildman–Crippen MR) is 116 cm³/mol. The molecule has 0 saturated heterocycles. The number of amides is 1. The quantitative estimate of drug-likeness (QED) is 0.533. The van der Waals surface area contributed by atoms with Crippen LogP contribution in [0.2, 0.25) is 0 Å². The SMILES string of the molecule is Cc1ccc(OCCCC(=O)Nc2ccc(Nc3nc(C)cc(C)n3)cc2)cc1. The highest BCUT2D eigenvalue weighted by Crippen LogP contribution is 2.18. The Hall–Kier alpha value is -3.41. The molecule has 3 aromatic rings. The van der Waals surface area contributed by atoms with E-state index in [2.05, 4.69) is 20.6 Å². The molecule has 6 nitrogen and oxygen atoms in total. The van der Waals surface area contributed by atoms with E-state index in [1.165, 1.54) is 5.56 Å². The predicted octanol–water partition coefficient (Wildman–Crippen LogP) is 4.94. The number of hydrogen-bond donors (Lipinski definition) is 2. The van der Waals surface area contributed by atoms with Crippen LogP contribution in [0.4, 0.5) is 17.3 Å². The summed E-state index contributed by atoms with van der Waals surface area (Å²) in [6.45, 7) is 6.41. The van der Waals surface area contributed by atoms with Gasteiger partial charge in [-0.1, -0.05) is 17.7 Å². The Morgan fingerprint density at radius 2 is 1.52 bits per heavy atom. The molecular weight excluding hydrogens is 364 g/mol. The molecule has 0 saturated carbocycles. The van der Waals surface area contributed by atoms with Gasteiger partial charge in [-0.25, -0.2) is 9.97 Å². The fraction of sp³-hybridized carbons (Fsp3) is 0.261. The van der Waals surface area contributed by atoms with Crippen molar-refractivity contribution in [2.45, 2.75) is 33.6 Å². The minimum absolute atomic E-state index is 0.0316. The van der Waals surface area contributed by atoms with Crippen molar-refractivity contribution < 1.29 is 9.53 Å². The van der Waals surface area contributed by atoms with Crippen molar-refractivity contribution in [2.24, 2.45) is 0 Å². The number of carbonyl (C=O) groups excluding carboxylic acids is 1. The van der Waals surface area contributed by atoms with E-state index in [4.69, 9.17) is 4.74 Å². The van der Waals surface area contributed by atoms with Crippen molar-refractivity contribution in [1.82, 2.24) is 9.97 Å². The molecule has 0 aliphatic heterocycles. The molecular formula is C23H26N4O2. The second-order valence-corrected chi connectivity index (χ2v) is 6.99. The Balaban J connectivity index is 1.42. The van der Waals surface area contributed by atoms with Gasteiger partial charge < -0.3 is 15.4 Å². The van der Waals surface area contributed by atoms with Gasteiger partial charge in [-0.2, -0.15) is 0 Å². The first-order chi connectivity index (χ1) is 14.0. The molecule has 0 radical (unpaired) electrons. The first kappa shape index (κ1) is 20.3. The molecule has 6 heteroatoms. The van der Waals surface area contributed by atoms with Crippen molar-refractivity contribution in [1.29, 1.82) is 0 Å². The number of carbonyl (C=O) groups is 1. The summed E-state index contributed by atoms with van der Waals surface area (Å²) in [7, 11) is 0. The van der Waals surface area contributed by atoms with Crippen LogP contribution in [0.1, 0.15) is 29.8 Å². The van der Waals surface area contributed by atoms with E-state index in [9.17, 15) is 4.79 Å². The first-order valence-corrected chi connectivity index (χ1v) is 9.66. The van der Waals surface area contributed by atoms with E-state index in [-0.39, 0.29) is 5.91 Å². The van der Waals surface area contributed by atoms with Crippen molar-refractivity contribution >= 4 is 23.2 Å². The average molecular weight is 390 g/mol. The highest BCUT2D eigenvalue weighted by Gasteiger charge is 2.04. The van der Waals surface area contributed by atoms with Gasteiger partial charge in [0.25, 0.3) is 0 Å². The smallest absolute Gasteiger partial charge is 0.227 e. The molecule has 0 spiro atoms. The summed E-state index contributed by atoms with van der Waals surface area (Å²) >= 11 is 0. The lowest BCUT2D eigenvalue weighted by Gasteiger charge is -2.09. The van der Waals surface area contributed by atoms with Gasteiger partial charge in [-0.3, -0.25) is 4.79 Å². The van der Waals surface area contributed by atoms with Gasteiger partial charge in [0, 0.05) is 29.2 Å². The molecule has 3 rings (SSSR count). The molecule has 2 aromatic carbocycles. The van der Waals surface area contributed by atoms with E-state index in [1.807, 2.05) is 75.4 Å². The largest absolute Gasteiger partial charge is 0.494 e. The zero-order valence-corrected chi connectivity index (χ0v) is 17.0. The second-order valence-electron chi connectivity index (χ2n) is 6.99. The van der Waals surface area contributed by atoms with E-state index < -0.39 is 0 Å². The first-order valence-electron chi connectivity index (χ1n) is 9.66. The number of nitrogens with one attached hydrogen (secondary N) is 2. The van der Waals surface area contributed by atoms with Crippen LogP contribution in [0.15, 0.2) is 54.6 Å². The van der Waals surface area contributed by atoms with E-state index in [0.29, 0.717) is 25.4 Å². The lowest BCUT2D eigenvalue weighted by molar-refractivity contribution is -0.116. The van der Waals surface area contributed by atoms with Crippen LogP contribution in [0.5, 0.6) is 5.75 Å². The van der Waals surface area contributed by atoms with Crippen LogP contribution >= 0.6 is 0 Å². The number of nitrogens with zero attached hydrogens (tertiary/aromatic N) is 2. The molecule has 0 bridgehead atoms. The summed E-state index contributed by atoms with van der Waals surface area (Å²) in [4.78, 5) is 20.8. The molecule has 1 aromatic heterocycles. The lowest BCUT2D eigenvalue weighted by atomic mass is 10.2. The zero-order chi connectivity index (χ0) is 20.6. The summed E-state index contributed by atoms with van der Waals surface area (Å²) in [5.41, 5.74) is 4.63. The molecule has 1 heterocycles. The van der Waals surface area contributed by atoms with Gasteiger partial charge in [0.15, 0.2) is 0 Å². The molecule has 1 amide bonds. The molecule has 0 fully saturated rings. The van der Waals surface area contributed by atoms with Gasteiger partial charge in [0.1, 0.15) is 5.75 Å². The normalized spacial score (nSPS) is 10.4. The number of aryl methyl sites for hydroxylation is 3. The topological polar surface area (TPSA) is 76.1 Å². The number of hydrogen-bond acceptors (Lipinski definition) is 5. The third-order valence-electron chi connectivity index (χ3n) is 4.24. The summed E-state index contributed by atoms with van der Waals surface area (Å²) in [5, 5.41) is 6.08. The Morgan fingerprint density at radius 3 is 2.17 bits per heavy atom. The number of ether oxygens (including phenoxy) is 1. The third kappa shape index (κ3) is 6.60. The molecule has 150 valence electrons. The van der Waals surface area contributed by atoms with Crippen LogP contribution in [-0.4, -0.2) is 22.5 Å². The fourth-order valence-corrected chi connectivity index (χ4v) is 2.83. The molecule has 0 unspecified atom stereocenters. The number of benzene rings is 2. The van der Waals surface area contributed by atoms with Gasteiger partial charge in [0.2, 0.25) is 11.9 Å². The van der Waals surface area contributed by atoms with Crippen LogP contribution in [-0.2, 0) is 4.79 Å². The summed E-state index contributed by atoms with van der Waals surface area (Å²) < 4.78 is 5.65. The van der Waals surface area contributed by atoms with E-state index in [1.54, 1.807) is 0 Å². The van der Waals surface area contributed by atoms with Crippen LogP contribution < -0.4 is 15.4 Å². The molecule has 2 N–H and O–H groups in total. The molecule has 0 aliphatic carbocycles. The maximum Gasteiger partial charge on any atom is 0.227 e. The monoisotopic (exact) mass is 390 g/mol. The van der Waals surface area contributed by atoms with Crippen molar-refractivity contribution in [3.8, 4) is 5.75 Å². The van der Waals surface area contributed by atoms with Gasteiger partial charge in [-0.05, 0) is 69.7 Å². The highest BCUT2D eigenvalue weighted by atomic mass is 16.5. The van der Waals surface area contributed by atoms with Crippen molar-refractivity contribution in [3.63, 3.8) is 0 Å². The molecule has 29 heavy (non-hydrogen) atoms. The fourth-order valence-electron chi connectivity index (χ4n) is 2.83. The maximum atomic E-state index is 12.1. The van der Waals surface area contributed by atoms with Gasteiger partial charge in [-0.15, -0.1) is 0 Å². The van der Waals surface area contributed by atoms with E-state index >= 15 is 0 Å². The molecule has 0 atom stereocenters. The van der Waals surface area contributed by atoms with Crippen molar-refractivity contribution in [2.75, 3.05) is 17.2 Å². The van der Waals surface area contributed by atoms with Crippen LogP contribution in [0.3, 0.4) is 0 Å². The van der Waals surface area contributed by atoms with Crippen molar-refractivity contribution in [3.05, 3.63) is 71.5 Å². The Labute approximate surface area is 171 Å². The summed E-state index contributed by atoms with van der Waals surface area (Å²) in [6, 6.07) is 17.3. The third-order valence-corrected chi connectivity index (χ3v) is 4.24. The minimum Gasteiger partial charge on any atom is -0.494 e. The summed E-state index contributed by atoms with van der Waals surface area (Å²) in [6.07, 6.45) is 1.06. The highest BCUT2D eigenvalue weighted by molar-refractivity contribution is 5.90. The van der Waals surface area contributed by atoms with Gasteiger partial charge >= 0.3 is 0 Å². The van der Waals surface area contributed by atoms with Crippen LogP contribution in [0.25, 0.3) is 0 Å². The average Bonchev–Trinajstić information content (AvgIpc) is 2.67. The summed E-state index contributed by atoms with van der Waals surface area (Å²) in [5.74, 6) is 1.36. The number of rotatable bonds is 8. The Kier molecular flexibility index (Phi) is 6.79. The van der Waals surface area contributed by atoms with Crippen LogP contribution in [0, 0.1) is 20.8 Å². The van der Waals surface area contributed by atoms with Gasteiger partial charge in [0.05, 0.1) is 6.61 Å². The Morgan fingerprint density at radius 1 is 0.897 bits per heavy atom. The number of anilines is 3. The lowest BCUT2D eigenvalue weighted by Crippen LogP contribution is -2.12. The minimum atomic E-state index is -0.0316. The number of aromatic nitrogens is 2. The molecule has 0 aliphatic rings. The standard InChI is InChI=1S/C23H26N4O2/c1-16-6-12-21(13-7-16)29-14-4-5-22(28)26-19-8-10-20(11-9-19)27-23-24-17(2)15-18(3)25-23/h6-13,15H,4-5,14H2,1-3H3,(H,26,28)(H,24,25,27). The van der Waals surface area contributed by atoms with E-state index in [0.717, 1.165) is 28.5 Å². The zero-order valence-electron chi connectivity index (χ0n) is 17.0. The second kappa shape index (κ2) is 9.68. The maximum absolute atomic E-state index is 12.1.